The van der Waals surface area contributed by atoms with E-state index in [0.29, 0.717) is 6.10 Å². The topological polar surface area (TPSA) is 9.23 Å². The van der Waals surface area contributed by atoms with Gasteiger partial charge in [-0.1, -0.05) is 29.8 Å². The van der Waals surface area contributed by atoms with Gasteiger partial charge in [0.05, 0.1) is 12.7 Å². The van der Waals surface area contributed by atoms with Gasteiger partial charge in [-0.05, 0) is 18.3 Å². The van der Waals surface area contributed by atoms with Crippen molar-refractivity contribution in [2.24, 2.45) is 11.8 Å². The molecule has 0 radical (unpaired) electrons. The highest BCUT2D eigenvalue weighted by Crippen LogP contribution is 2.26. The van der Waals surface area contributed by atoms with Crippen LogP contribution in [0.1, 0.15) is 20.3 Å². The quantitative estimate of drug-likeness (QED) is 0.632. The maximum Gasteiger partial charge on any atom is 0.0675 e. The van der Waals surface area contributed by atoms with Crippen LogP contribution in [0.25, 0.3) is 0 Å². The molecule has 2 atom stereocenters. The summed E-state index contributed by atoms with van der Waals surface area (Å²) in [5.74, 6) is 1.58. The van der Waals surface area contributed by atoms with E-state index in [4.69, 9.17) is 4.74 Å². The van der Waals surface area contributed by atoms with Gasteiger partial charge >= 0.3 is 0 Å². The fourth-order valence-corrected chi connectivity index (χ4v) is 1.76. The van der Waals surface area contributed by atoms with Gasteiger partial charge in [-0.15, -0.1) is 0 Å². The van der Waals surface area contributed by atoms with Gasteiger partial charge in [0.15, 0.2) is 0 Å². The fourth-order valence-electron chi connectivity index (χ4n) is 1.31. The van der Waals surface area contributed by atoms with Crippen LogP contribution < -0.4 is 0 Å². The van der Waals surface area contributed by atoms with Crippen LogP contribution in [0, 0.1) is 11.8 Å². The van der Waals surface area contributed by atoms with Crippen LogP contribution in [0.2, 0.25) is 0 Å². The third-order valence-electron chi connectivity index (χ3n) is 2.23. The van der Waals surface area contributed by atoms with Gasteiger partial charge in [-0.2, -0.15) is 0 Å². The average molecular weight is 207 g/mol. The summed E-state index contributed by atoms with van der Waals surface area (Å²) in [6, 6.07) is 0. The van der Waals surface area contributed by atoms with Crippen molar-refractivity contribution in [2.45, 2.75) is 26.4 Å². The molecule has 2 heteroatoms. The molecule has 1 aliphatic rings. The van der Waals surface area contributed by atoms with Gasteiger partial charge in [0.2, 0.25) is 0 Å². The summed E-state index contributed by atoms with van der Waals surface area (Å²) in [7, 11) is 0. The van der Waals surface area contributed by atoms with Crippen molar-refractivity contribution in [2.75, 3.05) is 11.9 Å². The van der Waals surface area contributed by atoms with Gasteiger partial charge in [0.25, 0.3) is 0 Å². The van der Waals surface area contributed by atoms with Crippen molar-refractivity contribution in [3.8, 4) is 0 Å². The van der Waals surface area contributed by atoms with Gasteiger partial charge in [-0.25, -0.2) is 0 Å². The summed E-state index contributed by atoms with van der Waals surface area (Å²) < 4.78 is 5.53. The van der Waals surface area contributed by atoms with Gasteiger partial charge < -0.3 is 4.74 Å². The molecule has 0 unspecified atom stereocenters. The van der Waals surface area contributed by atoms with Crippen molar-refractivity contribution < 1.29 is 4.74 Å². The maximum atomic E-state index is 5.53. The van der Waals surface area contributed by atoms with Crippen LogP contribution in [0.4, 0.5) is 0 Å². The van der Waals surface area contributed by atoms with Crippen molar-refractivity contribution in [3.05, 3.63) is 0 Å². The summed E-state index contributed by atoms with van der Waals surface area (Å²) in [4.78, 5) is 0. The Hall–Kier alpha value is 0.440. The molecule has 0 aromatic carbocycles. The van der Waals surface area contributed by atoms with Crippen LogP contribution in [-0.4, -0.2) is 18.0 Å². The Kier molecular flexibility index (Phi) is 3.18. The summed E-state index contributed by atoms with van der Waals surface area (Å²) >= 11 is 3.43. The highest BCUT2D eigenvalue weighted by molar-refractivity contribution is 9.09. The number of ether oxygens (including phenoxy) is 1. The zero-order valence-corrected chi connectivity index (χ0v) is 8.23. The van der Waals surface area contributed by atoms with Crippen LogP contribution in [0.15, 0.2) is 0 Å². The van der Waals surface area contributed by atoms with E-state index < -0.39 is 0 Å². The zero-order chi connectivity index (χ0) is 7.56. The highest BCUT2D eigenvalue weighted by atomic mass is 79.9. The van der Waals surface area contributed by atoms with Crippen LogP contribution in [0.3, 0.4) is 0 Å². The normalized spacial score (nSPS) is 33.6. The molecule has 1 rings (SSSR count). The fraction of sp³-hybridized carbons (Fsp3) is 1.00. The Morgan fingerprint density at radius 1 is 1.60 bits per heavy atom. The van der Waals surface area contributed by atoms with E-state index in [-0.39, 0.29) is 0 Å². The Bertz CT molecular complexity index is 103. The summed E-state index contributed by atoms with van der Waals surface area (Å²) in [5.41, 5.74) is 0. The first-order chi connectivity index (χ1) is 4.74. The van der Waals surface area contributed by atoms with Crippen molar-refractivity contribution in [1.82, 2.24) is 0 Å². The Morgan fingerprint density at radius 3 is 2.60 bits per heavy atom. The Morgan fingerprint density at radius 2 is 2.30 bits per heavy atom. The third kappa shape index (κ3) is 1.96. The molecule has 60 valence electrons. The minimum absolute atomic E-state index is 0.479. The number of alkyl halides is 1. The summed E-state index contributed by atoms with van der Waals surface area (Å²) in [6.45, 7) is 5.50. The molecule has 0 aromatic heterocycles. The first-order valence-corrected chi connectivity index (χ1v) is 5.03. The molecule has 1 saturated heterocycles. The van der Waals surface area contributed by atoms with E-state index in [1.807, 2.05) is 0 Å². The Labute approximate surface area is 71.3 Å². The molecule has 0 spiro atoms. The first kappa shape index (κ1) is 8.54. The van der Waals surface area contributed by atoms with Gasteiger partial charge in [-0.3, -0.25) is 0 Å². The second kappa shape index (κ2) is 3.72. The van der Waals surface area contributed by atoms with Crippen molar-refractivity contribution >= 4 is 15.9 Å². The molecular formula is C8H15BrO. The minimum atomic E-state index is 0.479. The smallest absolute Gasteiger partial charge is 0.0675 e. The average Bonchev–Trinajstić information content (AvgIpc) is 2.34. The van der Waals surface area contributed by atoms with E-state index in [1.165, 1.54) is 6.42 Å². The molecule has 0 bridgehead atoms. The predicted molar refractivity (Wildman–Crippen MR) is 46.5 cm³/mol. The molecule has 1 nitrogen and oxygen atoms in total. The second-order valence-electron chi connectivity index (χ2n) is 3.35. The molecular weight excluding hydrogens is 192 g/mol. The third-order valence-corrected chi connectivity index (χ3v) is 2.95. The lowest BCUT2D eigenvalue weighted by Gasteiger charge is -2.10. The standard InChI is InChI=1S/C8H15BrO/c1-6(2)7-3-8(4-9)10-5-7/h6-8H,3-5H2,1-2H3/t7-,8-/m0/s1. The van der Waals surface area contributed by atoms with E-state index in [1.54, 1.807) is 0 Å². The number of rotatable bonds is 2. The second-order valence-corrected chi connectivity index (χ2v) is 4.00. The molecule has 1 heterocycles. The molecule has 0 N–H and O–H groups in total. The van der Waals surface area contributed by atoms with Crippen LogP contribution >= 0.6 is 15.9 Å². The monoisotopic (exact) mass is 206 g/mol. The highest BCUT2D eigenvalue weighted by Gasteiger charge is 2.26. The van der Waals surface area contributed by atoms with E-state index in [2.05, 4.69) is 29.8 Å². The lowest BCUT2D eigenvalue weighted by molar-refractivity contribution is 0.120. The number of hydrogen-bond acceptors (Lipinski definition) is 1. The SMILES string of the molecule is CC(C)[C@@H]1CO[C@H](CBr)C1. The van der Waals surface area contributed by atoms with Crippen LogP contribution in [0.5, 0.6) is 0 Å². The number of hydrogen-bond donors (Lipinski definition) is 0. The molecule has 0 aromatic rings. The van der Waals surface area contributed by atoms with Crippen molar-refractivity contribution in [3.63, 3.8) is 0 Å². The van der Waals surface area contributed by atoms with Gasteiger partial charge in [0, 0.05) is 5.33 Å². The number of halogens is 1. The molecule has 0 aliphatic carbocycles. The Balaban J connectivity index is 2.28. The predicted octanol–water partition coefficient (Wildman–Crippen LogP) is 2.44. The van der Waals surface area contributed by atoms with Crippen molar-refractivity contribution in [1.29, 1.82) is 0 Å². The largest absolute Gasteiger partial charge is 0.377 e. The zero-order valence-electron chi connectivity index (χ0n) is 6.64. The van der Waals surface area contributed by atoms with Gasteiger partial charge in [0.1, 0.15) is 0 Å². The first-order valence-electron chi connectivity index (χ1n) is 3.91. The van der Waals surface area contributed by atoms with E-state index in [0.717, 1.165) is 23.8 Å². The molecule has 0 saturated carbocycles. The maximum absolute atomic E-state index is 5.53. The van der Waals surface area contributed by atoms with E-state index in [9.17, 15) is 0 Å². The molecule has 0 amide bonds. The summed E-state index contributed by atoms with van der Waals surface area (Å²) in [6.07, 6.45) is 1.72. The molecule has 10 heavy (non-hydrogen) atoms. The van der Waals surface area contributed by atoms with E-state index >= 15 is 0 Å². The molecule has 1 fully saturated rings. The lowest BCUT2D eigenvalue weighted by Crippen LogP contribution is -2.08. The van der Waals surface area contributed by atoms with Crippen LogP contribution in [-0.2, 0) is 4.74 Å². The minimum Gasteiger partial charge on any atom is -0.377 e. The lowest BCUT2D eigenvalue weighted by atomic mass is 9.94. The summed E-state index contributed by atoms with van der Waals surface area (Å²) in [5, 5.41) is 0.996. The molecule has 1 aliphatic heterocycles.